The number of rotatable bonds is 6. The lowest BCUT2D eigenvalue weighted by Crippen LogP contribution is -2.48. The van der Waals surface area contributed by atoms with Crippen molar-refractivity contribution in [2.75, 3.05) is 30.9 Å². The van der Waals surface area contributed by atoms with E-state index in [9.17, 15) is 26.4 Å². The zero-order chi connectivity index (χ0) is 27.6. The number of hydrogen-bond donors (Lipinski definition) is 1. The molecule has 0 spiro atoms. The van der Waals surface area contributed by atoms with Gasteiger partial charge in [-0.05, 0) is 48.0 Å². The summed E-state index contributed by atoms with van der Waals surface area (Å²) in [4.78, 5) is 24.6. The lowest BCUT2D eigenvalue weighted by atomic mass is 10.1. The largest absolute Gasteiger partial charge is 0.418 e. The Labute approximate surface area is 223 Å². The molecule has 3 heterocycles. The Kier molecular flexibility index (Phi) is 7.23. The minimum Gasteiger partial charge on any atom is -0.336 e. The molecule has 8 nitrogen and oxygen atoms in total. The van der Waals surface area contributed by atoms with Crippen molar-refractivity contribution in [2.24, 2.45) is 0 Å². The number of nitrogens with one attached hydrogen (secondary N) is 1. The molecule has 1 fully saturated rings. The van der Waals surface area contributed by atoms with E-state index in [4.69, 9.17) is 0 Å². The molecule has 1 saturated heterocycles. The van der Waals surface area contributed by atoms with Gasteiger partial charge in [0.2, 0.25) is 0 Å². The van der Waals surface area contributed by atoms with Gasteiger partial charge in [-0.15, -0.1) is 0 Å². The molecule has 0 saturated carbocycles. The summed E-state index contributed by atoms with van der Waals surface area (Å²) in [5.74, 6) is -0.545. The Bertz CT molecular complexity index is 1600. The second-order valence-electron chi connectivity index (χ2n) is 9.12. The molecule has 0 aliphatic carbocycles. The number of fused-ring (bicyclic) bond motifs is 1. The summed E-state index contributed by atoms with van der Waals surface area (Å²) in [6.45, 7) is 2.53. The van der Waals surface area contributed by atoms with Crippen molar-refractivity contribution in [1.82, 2.24) is 19.8 Å². The highest BCUT2D eigenvalue weighted by atomic mass is 32.2. The standard InChI is InChI=1S/C27H24F3N5O3S/c28-27(29,30)22-17-21(26(36)35-15-13-34(14-16-35)18-19-8-11-31-12-9-19)6-7-23(22)33-39(37,38)24-5-1-3-20-4-2-10-32-25(20)24/h1-12,17,33H,13-16,18H2. The van der Waals surface area contributed by atoms with Gasteiger partial charge < -0.3 is 4.90 Å². The molecule has 1 N–H and O–H groups in total. The van der Waals surface area contributed by atoms with E-state index in [0.717, 1.165) is 11.6 Å². The molecule has 12 heteroatoms. The third kappa shape index (κ3) is 5.86. The van der Waals surface area contributed by atoms with Gasteiger partial charge in [-0.3, -0.25) is 24.4 Å². The van der Waals surface area contributed by atoms with E-state index in [1.807, 2.05) is 12.1 Å². The van der Waals surface area contributed by atoms with Crippen molar-refractivity contribution in [3.8, 4) is 0 Å². The summed E-state index contributed by atoms with van der Waals surface area (Å²) >= 11 is 0. The van der Waals surface area contributed by atoms with Crippen LogP contribution in [0.25, 0.3) is 10.9 Å². The topological polar surface area (TPSA) is 95.5 Å². The third-order valence-electron chi connectivity index (χ3n) is 6.52. The Morgan fingerprint density at radius 1 is 0.923 bits per heavy atom. The molecular weight excluding hydrogens is 531 g/mol. The first-order chi connectivity index (χ1) is 18.6. The van der Waals surface area contributed by atoms with Crippen LogP contribution in [0.15, 0.2) is 84.1 Å². The molecule has 5 rings (SSSR count). The summed E-state index contributed by atoms with van der Waals surface area (Å²) < 4.78 is 70.4. The van der Waals surface area contributed by atoms with Crippen LogP contribution < -0.4 is 4.72 Å². The molecule has 39 heavy (non-hydrogen) atoms. The van der Waals surface area contributed by atoms with Crippen molar-refractivity contribution in [1.29, 1.82) is 0 Å². The highest BCUT2D eigenvalue weighted by molar-refractivity contribution is 7.93. The van der Waals surface area contributed by atoms with Crippen LogP contribution >= 0.6 is 0 Å². The Balaban J connectivity index is 1.35. The number of pyridine rings is 2. The minimum atomic E-state index is -4.91. The van der Waals surface area contributed by atoms with Crippen molar-refractivity contribution in [3.63, 3.8) is 0 Å². The number of sulfonamides is 1. The summed E-state index contributed by atoms with van der Waals surface area (Å²) in [5.41, 5.74) is -0.872. The zero-order valence-electron chi connectivity index (χ0n) is 20.6. The molecule has 1 aliphatic rings. The maximum absolute atomic E-state index is 14.0. The van der Waals surface area contributed by atoms with Crippen LogP contribution in [0.2, 0.25) is 0 Å². The average Bonchev–Trinajstić information content (AvgIpc) is 2.93. The molecule has 0 radical (unpaired) electrons. The molecule has 2 aromatic carbocycles. The molecule has 0 unspecified atom stereocenters. The van der Waals surface area contributed by atoms with Gasteiger partial charge in [0.05, 0.1) is 16.8 Å². The van der Waals surface area contributed by atoms with Crippen LogP contribution in [0.5, 0.6) is 0 Å². The fourth-order valence-corrected chi connectivity index (χ4v) is 5.79. The van der Waals surface area contributed by atoms with Gasteiger partial charge in [0.25, 0.3) is 15.9 Å². The van der Waals surface area contributed by atoms with Gasteiger partial charge >= 0.3 is 6.18 Å². The van der Waals surface area contributed by atoms with Gasteiger partial charge in [-0.25, -0.2) is 8.42 Å². The molecule has 0 atom stereocenters. The number of para-hydroxylation sites is 1. The minimum absolute atomic E-state index is 0.135. The fraction of sp³-hybridized carbons (Fsp3) is 0.222. The SMILES string of the molecule is O=C(c1ccc(NS(=O)(=O)c2cccc3cccnc23)c(C(F)(F)F)c1)N1CCN(Cc2ccncc2)CC1. The monoisotopic (exact) mass is 555 g/mol. The van der Waals surface area contributed by atoms with E-state index >= 15 is 0 Å². The Hall–Kier alpha value is -4.03. The summed E-state index contributed by atoms with van der Waals surface area (Å²) in [5, 5.41) is 0.526. The van der Waals surface area contributed by atoms with Gasteiger partial charge in [0, 0.05) is 62.3 Å². The van der Waals surface area contributed by atoms with Crippen LogP contribution in [0.4, 0.5) is 18.9 Å². The number of alkyl halides is 3. The first-order valence-electron chi connectivity index (χ1n) is 12.1. The number of piperazine rings is 1. The lowest BCUT2D eigenvalue weighted by Gasteiger charge is -2.35. The van der Waals surface area contributed by atoms with E-state index < -0.39 is 33.4 Å². The van der Waals surface area contributed by atoms with Crippen LogP contribution in [0.3, 0.4) is 0 Å². The predicted molar refractivity (Wildman–Crippen MR) is 139 cm³/mol. The number of carbonyl (C=O) groups excluding carboxylic acids is 1. The second kappa shape index (κ2) is 10.6. The molecule has 4 aromatic rings. The van der Waals surface area contributed by atoms with E-state index in [2.05, 4.69) is 19.6 Å². The number of nitrogens with zero attached hydrogens (tertiary/aromatic N) is 4. The van der Waals surface area contributed by atoms with Gasteiger partial charge in [-0.2, -0.15) is 13.2 Å². The van der Waals surface area contributed by atoms with E-state index in [0.29, 0.717) is 44.2 Å². The van der Waals surface area contributed by atoms with E-state index in [1.165, 1.54) is 29.3 Å². The molecule has 2 aromatic heterocycles. The molecule has 202 valence electrons. The summed E-state index contributed by atoms with van der Waals surface area (Å²) in [6, 6.07) is 14.4. The van der Waals surface area contributed by atoms with Gasteiger partial charge in [-0.1, -0.05) is 18.2 Å². The summed E-state index contributed by atoms with van der Waals surface area (Å²) in [7, 11) is -4.43. The molecule has 0 bridgehead atoms. The number of aromatic nitrogens is 2. The first-order valence-corrected chi connectivity index (χ1v) is 13.6. The predicted octanol–water partition coefficient (Wildman–Crippen LogP) is 4.41. The zero-order valence-corrected chi connectivity index (χ0v) is 21.4. The van der Waals surface area contributed by atoms with Crippen LogP contribution in [0, 0.1) is 0 Å². The Morgan fingerprint density at radius 3 is 2.36 bits per heavy atom. The fourth-order valence-electron chi connectivity index (χ4n) is 4.53. The van der Waals surface area contributed by atoms with Crippen molar-refractivity contribution in [2.45, 2.75) is 17.6 Å². The smallest absolute Gasteiger partial charge is 0.336 e. The van der Waals surface area contributed by atoms with E-state index in [1.54, 1.807) is 30.6 Å². The number of benzene rings is 2. The van der Waals surface area contributed by atoms with Crippen LogP contribution in [-0.2, 0) is 22.7 Å². The number of anilines is 1. The van der Waals surface area contributed by atoms with Crippen molar-refractivity contribution < 1.29 is 26.4 Å². The number of amides is 1. The first kappa shape index (κ1) is 26.6. The molecular formula is C27H24F3N5O3S. The van der Waals surface area contributed by atoms with Gasteiger partial charge in [0.1, 0.15) is 4.90 Å². The van der Waals surface area contributed by atoms with E-state index in [-0.39, 0.29) is 16.0 Å². The highest BCUT2D eigenvalue weighted by Crippen LogP contribution is 2.37. The Morgan fingerprint density at radius 2 is 1.64 bits per heavy atom. The number of halogens is 3. The lowest BCUT2D eigenvalue weighted by molar-refractivity contribution is -0.136. The second-order valence-corrected chi connectivity index (χ2v) is 10.8. The summed E-state index contributed by atoms with van der Waals surface area (Å²) in [6.07, 6.45) is -0.0949. The quantitative estimate of drug-likeness (QED) is 0.379. The maximum Gasteiger partial charge on any atom is 0.418 e. The van der Waals surface area contributed by atoms with Crippen molar-refractivity contribution in [3.05, 3.63) is 95.9 Å². The molecule has 1 aliphatic heterocycles. The maximum atomic E-state index is 14.0. The number of hydrogen-bond acceptors (Lipinski definition) is 6. The van der Waals surface area contributed by atoms with Crippen LogP contribution in [-0.4, -0.2) is 60.3 Å². The third-order valence-corrected chi connectivity index (χ3v) is 7.91. The average molecular weight is 556 g/mol. The van der Waals surface area contributed by atoms with Crippen molar-refractivity contribution >= 4 is 32.5 Å². The normalized spacial score (nSPS) is 14.9. The van der Waals surface area contributed by atoms with Gasteiger partial charge in [0.15, 0.2) is 0 Å². The van der Waals surface area contributed by atoms with Crippen LogP contribution in [0.1, 0.15) is 21.5 Å². The molecule has 1 amide bonds. The number of carbonyl (C=O) groups is 1. The highest BCUT2D eigenvalue weighted by Gasteiger charge is 2.36.